The smallest absolute Gasteiger partial charge is 0.306 e. The molecule has 0 amide bonds. The molecule has 0 aromatic rings. The molecule has 8 rings (SSSR count). The van der Waals surface area contributed by atoms with Gasteiger partial charge in [0.25, 0.3) is 0 Å². The lowest BCUT2D eigenvalue weighted by Crippen LogP contribution is -2.68. The van der Waals surface area contributed by atoms with Crippen molar-refractivity contribution >= 4 is 17.5 Å². The lowest BCUT2D eigenvalue weighted by molar-refractivity contribution is -0.202. The van der Waals surface area contributed by atoms with Crippen molar-refractivity contribution in [3.63, 3.8) is 0 Å². The van der Waals surface area contributed by atoms with Crippen molar-refractivity contribution in [2.45, 2.75) is 196 Å². The summed E-state index contributed by atoms with van der Waals surface area (Å²) in [6.07, 6.45) is 20.4. The van der Waals surface area contributed by atoms with Crippen LogP contribution in [0.5, 0.6) is 0 Å². The number of allylic oxidation sites excluding steroid dienone is 5. The van der Waals surface area contributed by atoms with Gasteiger partial charge in [-0.15, -0.1) is 0 Å². The Morgan fingerprint density at radius 1 is 0.919 bits per heavy atom. The molecule has 0 aromatic carbocycles. The summed E-state index contributed by atoms with van der Waals surface area (Å²) in [5, 5.41) is 21.5. The van der Waals surface area contributed by atoms with Crippen LogP contribution < -0.4 is 0 Å². The summed E-state index contributed by atoms with van der Waals surface area (Å²) in [5.41, 5.74) is -1.61. The van der Waals surface area contributed by atoms with Gasteiger partial charge >= 0.3 is 5.97 Å². The second-order valence-corrected chi connectivity index (χ2v) is 23.6. The van der Waals surface area contributed by atoms with Crippen LogP contribution >= 0.6 is 0 Å². The van der Waals surface area contributed by atoms with Crippen LogP contribution in [0.3, 0.4) is 0 Å². The monoisotopic (exact) mass is 865 g/mol. The van der Waals surface area contributed by atoms with Crippen molar-refractivity contribution in [2.24, 2.45) is 80.8 Å². The zero-order valence-corrected chi connectivity index (χ0v) is 39.8. The van der Waals surface area contributed by atoms with Crippen molar-refractivity contribution in [1.82, 2.24) is 0 Å². The zero-order chi connectivity index (χ0) is 45.2. The van der Waals surface area contributed by atoms with E-state index in [9.17, 15) is 24.6 Å². The molecular formula is C54H82F2O6. The van der Waals surface area contributed by atoms with Crippen molar-refractivity contribution in [3.05, 3.63) is 35.5 Å². The molecule has 0 radical (unpaired) electrons. The highest BCUT2D eigenvalue weighted by Gasteiger charge is 2.73. The summed E-state index contributed by atoms with van der Waals surface area (Å²) in [7, 11) is 0. The number of rotatable bonds is 11. The highest BCUT2D eigenvalue weighted by Crippen LogP contribution is 2.71. The van der Waals surface area contributed by atoms with Crippen LogP contribution in [0, 0.1) is 80.8 Å². The number of aliphatic hydroxyl groups is 2. The number of halogens is 2. The number of aliphatic hydroxyl groups excluding tert-OH is 2. The Labute approximate surface area is 372 Å². The molecule has 0 aromatic heterocycles. The first-order valence-electron chi connectivity index (χ1n) is 25.2. The number of esters is 1. The molecule has 0 aliphatic heterocycles. The van der Waals surface area contributed by atoms with Crippen molar-refractivity contribution in [1.29, 1.82) is 0 Å². The fourth-order valence-electron chi connectivity index (χ4n) is 16.6. The third kappa shape index (κ3) is 7.99. The minimum atomic E-state index is -2.15. The number of carbonyl (C=O) groups excluding carboxylic acids is 3. The van der Waals surface area contributed by atoms with E-state index < -0.39 is 46.6 Å². The van der Waals surface area contributed by atoms with Crippen LogP contribution in [0.1, 0.15) is 171 Å². The van der Waals surface area contributed by atoms with E-state index in [4.69, 9.17) is 4.74 Å². The molecule has 6 nitrogen and oxygen atoms in total. The summed E-state index contributed by atoms with van der Waals surface area (Å²) >= 11 is 0. The second-order valence-electron chi connectivity index (χ2n) is 23.6. The van der Waals surface area contributed by atoms with E-state index in [1.807, 2.05) is 20.8 Å². The summed E-state index contributed by atoms with van der Waals surface area (Å²) in [4.78, 5) is 37.1. The molecule has 0 heterocycles. The summed E-state index contributed by atoms with van der Waals surface area (Å²) in [6, 6.07) is 0. The van der Waals surface area contributed by atoms with E-state index in [0.717, 1.165) is 54.8 Å². The molecule has 17 atom stereocenters. The third-order valence-electron chi connectivity index (χ3n) is 19.7. The van der Waals surface area contributed by atoms with Gasteiger partial charge < -0.3 is 14.9 Å². The molecule has 62 heavy (non-hydrogen) atoms. The molecule has 6 fully saturated rings. The first-order chi connectivity index (χ1) is 29.1. The summed E-state index contributed by atoms with van der Waals surface area (Å²) < 4.78 is 37.7. The van der Waals surface area contributed by atoms with Crippen LogP contribution in [0.25, 0.3) is 0 Å². The van der Waals surface area contributed by atoms with Gasteiger partial charge in [-0.05, 0) is 165 Å². The average molecular weight is 865 g/mol. The number of unbranched alkanes of at least 4 members (excludes halogenated alkanes) is 1. The molecule has 0 saturated heterocycles. The molecule has 0 bridgehead atoms. The van der Waals surface area contributed by atoms with Gasteiger partial charge in [0.1, 0.15) is 12.8 Å². The van der Waals surface area contributed by atoms with E-state index in [-0.39, 0.29) is 60.9 Å². The Balaban J connectivity index is 0.000000190. The molecule has 0 unspecified atom stereocenters. The summed E-state index contributed by atoms with van der Waals surface area (Å²) in [5.74, 6) is 2.71. The van der Waals surface area contributed by atoms with Gasteiger partial charge in [0.15, 0.2) is 17.2 Å². The number of ether oxygens (including phenoxy) is 1. The first kappa shape index (κ1) is 47.8. The van der Waals surface area contributed by atoms with E-state index in [1.54, 1.807) is 12.5 Å². The van der Waals surface area contributed by atoms with E-state index in [2.05, 4.69) is 40.7 Å². The first-order valence-corrected chi connectivity index (χ1v) is 25.2. The van der Waals surface area contributed by atoms with Gasteiger partial charge in [-0.1, -0.05) is 98.8 Å². The van der Waals surface area contributed by atoms with Crippen LogP contribution in [0.2, 0.25) is 0 Å². The van der Waals surface area contributed by atoms with Crippen molar-refractivity contribution < 1.29 is 38.1 Å². The SMILES string of the molecule is CC(C)CCC[C@@H](C)[C@H]1CC[C@H]2[C@@H]3CC=C4C[C@@H](O)CC[C@]4(C)[C@H]3CC[C@]12C.CCCCC(=O)OCC(=O)[C@H]1[C@H](C)C[C@H]2[C@@H]3C[C@H](F)C4=CC(=O)C=C[C@]4(C)[C@@]3(F)[C@@H](O)C[C@@]21C. The Morgan fingerprint density at radius 3 is 2.37 bits per heavy atom. The number of Topliss-reactive ketones (excluding diaryl/α,β-unsaturated/α-hetero) is 1. The van der Waals surface area contributed by atoms with Crippen LogP contribution in [0.15, 0.2) is 35.5 Å². The minimum absolute atomic E-state index is 0.0524. The largest absolute Gasteiger partial charge is 0.458 e. The highest BCUT2D eigenvalue weighted by molar-refractivity contribution is 6.01. The maximum Gasteiger partial charge on any atom is 0.306 e. The zero-order valence-electron chi connectivity index (χ0n) is 39.8. The number of fused-ring (bicyclic) bond motifs is 10. The van der Waals surface area contributed by atoms with Gasteiger partial charge in [0, 0.05) is 23.7 Å². The standard InChI is InChI=1S/C27H36F2O5.C27H46O/c1-5-6-7-23(33)34-14-21(31)24-15(2)10-17-18-12-20(28)19-11-16(30)8-9-26(19,4)27(18,29)22(32)13-25(17,24)3;1-18(2)7-6-8-19(3)23-11-12-24-22-10-9-20-17-21(28)13-15-26(20,4)25(22)14-16-27(23,24)5/h8-9,11,15,17-18,20,22,24,32H,5-7,10,12-14H2,1-4H3;9,18-19,21-25,28H,6-8,10-17H2,1-5H3/t15-,17+,18+,20+,22+,24-,25+,26+,27+;19-,21+,22+,23-,24+,25+,26+,27-/m11/s1. The highest BCUT2D eigenvalue weighted by atomic mass is 19.1. The topological polar surface area (TPSA) is 101 Å². The predicted molar refractivity (Wildman–Crippen MR) is 241 cm³/mol. The van der Waals surface area contributed by atoms with Gasteiger partial charge in [-0.3, -0.25) is 14.4 Å². The van der Waals surface area contributed by atoms with E-state index in [1.165, 1.54) is 76.0 Å². The third-order valence-corrected chi connectivity index (χ3v) is 19.7. The van der Waals surface area contributed by atoms with Gasteiger partial charge in [0.2, 0.25) is 0 Å². The molecular weight excluding hydrogens is 783 g/mol. The number of hydrogen-bond acceptors (Lipinski definition) is 6. The minimum Gasteiger partial charge on any atom is -0.458 e. The molecule has 2 N–H and O–H groups in total. The Hall–Kier alpha value is -2.19. The van der Waals surface area contributed by atoms with E-state index in [0.29, 0.717) is 23.7 Å². The average Bonchev–Trinajstić information content (AvgIpc) is 3.70. The van der Waals surface area contributed by atoms with Crippen LogP contribution in [-0.2, 0) is 19.1 Å². The quantitative estimate of drug-likeness (QED) is 0.158. The number of ketones is 2. The Kier molecular flexibility index (Phi) is 13.8. The normalized spacial score (nSPS) is 45.8. The molecule has 348 valence electrons. The Morgan fingerprint density at radius 2 is 1.66 bits per heavy atom. The van der Waals surface area contributed by atoms with Gasteiger partial charge in [-0.2, -0.15) is 0 Å². The van der Waals surface area contributed by atoms with E-state index >= 15 is 8.78 Å². The maximum atomic E-state index is 17.1. The summed E-state index contributed by atoms with van der Waals surface area (Å²) in [6.45, 7) is 19.6. The Bertz CT molecular complexity index is 1790. The number of carbonyl (C=O) groups is 3. The van der Waals surface area contributed by atoms with Crippen molar-refractivity contribution in [3.8, 4) is 0 Å². The molecule has 8 aliphatic carbocycles. The number of hydrogen-bond donors (Lipinski definition) is 2. The lowest BCUT2D eigenvalue weighted by Gasteiger charge is -2.62. The molecule has 8 aliphatic rings. The fraction of sp³-hybridized carbons (Fsp3) is 0.833. The van der Waals surface area contributed by atoms with Gasteiger partial charge in [-0.25, -0.2) is 8.78 Å². The fourth-order valence-corrected chi connectivity index (χ4v) is 16.6. The second kappa shape index (κ2) is 17.9. The predicted octanol–water partition coefficient (Wildman–Crippen LogP) is 11.9. The van der Waals surface area contributed by atoms with Crippen LogP contribution in [0.4, 0.5) is 8.78 Å². The van der Waals surface area contributed by atoms with Crippen LogP contribution in [-0.4, -0.2) is 58.4 Å². The molecule has 0 spiro atoms. The lowest BCUT2D eigenvalue weighted by atomic mass is 9.45. The molecule has 6 saturated carbocycles. The number of alkyl halides is 2. The molecule has 8 heteroatoms. The van der Waals surface area contributed by atoms with Crippen molar-refractivity contribution in [2.75, 3.05) is 6.61 Å². The maximum absolute atomic E-state index is 17.1. The van der Waals surface area contributed by atoms with Gasteiger partial charge in [0.05, 0.1) is 12.2 Å².